The van der Waals surface area contributed by atoms with Crippen LogP contribution in [0.3, 0.4) is 0 Å². The highest BCUT2D eigenvalue weighted by Crippen LogP contribution is 2.26. The predicted octanol–water partition coefficient (Wildman–Crippen LogP) is 2.07. The number of rotatable bonds is 7. The first-order valence-corrected chi connectivity index (χ1v) is 11.6. The molecular formula is C23H33FN6O2. The van der Waals surface area contributed by atoms with Gasteiger partial charge in [-0.05, 0) is 24.1 Å². The van der Waals surface area contributed by atoms with E-state index in [4.69, 9.17) is 4.99 Å². The molecule has 9 heteroatoms. The second-order valence-corrected chi connectivity index (χ2v) is 8.84. The van der Waals surface area contributed by atoms with Crippen LogP contribution in [0.15, 0.2) is 29.3 Å². The molecule has 0 saturated carbocycles. The number of fused-ring (bicyclic) bond motifs is 1. The maximum Gasteiger partial charge on any atom is 0.325 e. The summed E-state index contributed by atoms with van der Waals surface area (Å²) in [4.78, 5) is 37.9. The summed E-state index contributed by atoms with van der Waals surface area (Å²) < 4.78 is 13.2. The number of imide groups is 1. The number of hydrogen-bond acceptors (Lipinski definition) is 6. The van der Waals surface area contributed by atoms with Gasteiger partial charge in [-0.1, -0.05) is 38.3 Å². The number of nitrogens with one attached hydrogen (secondary N) is 1. The van der Waals surface area contributed by atoms with E-state index in [-0.39, 0.29) is 11.7 Å². The quantitative estimate of drug-likeness (QED) is 0.652. The van der Waals surface area contributed by atoms with Crippen molar-refractivity contribution in [2.45, 2.75) is 51.4 Å². The first-order valence-electron chi connectivity index (χ1n) is 11.6. The Bertz CT molecular complexity index is 853. The van der Waals surface area contributed by atoms with Crippen LogP contribution in [0, 0.1) is 5.82 Å². The molecule has 0 spiro atoms. The summed E-state index contributed by atoms with van der Waals surface area (Å²) in [5, 5.41) is 2.47. The van der Waals surface area contributed by atoms with E-state index < -0.39 is 18.2 Å². The highest BCUT2D eigenvalue weighted by atomic mass is 19.1. The summed E-state index contributed by atoms with van der Waals surface area (Å²) in [6.45, 7) is 7.03. The van der Waals surface area contributed by atoms with E-state index in [1.54, 1.807) is 7.05 Å². The van der Waals surface area contributed by atoms with Gasteiger partial charge in [0.1, 0.15) is 5.82 Å². The van der Waals surface area contributed by atoms with Crippen molar-refractivity contribution in [1.29, 1.82) is 0 Å². The maximum absolute atomic E-state index is 13.2. The van der Waals surface area contributed by atoms with Gasteiger partial charge in [-0.3, -0.25) is 15.0 Å². The molecule has 3 aliphatic rings. The summed E-state index contributed by atoms with van der Waals surface area (Å²) in [6.07, 6.45) is 3.95. The lowest BCUT2D eigenvalue weighted by atomic mass is 10.1. The molecule has 1 aromatic rings. The van der Waals surface area contributed by atoms with Crippen molar-refractivity contribution in [2.75, 3.05) is 39.8 Å². The number of unbranched alkanes of at least 4 members (excludes halogenated alkanes) is 3. The molecule has 4 rings (SSSR count). The van der Waals surface area contributed by atoms with Gasteiger partial charge in [-0.25, -0.2) is 14.2 Å². The molecule has 3 heterocycles. The molecule has 2 saturated heterocycles. The number of likely N-dealkylation sites (N-methyl/N-ethyl adjacent to an activating group) is 1. The lowest BCUT2D eigenvalue weighted by Crippen LogP contribution is -2.64. The van der Waals surface area contributed by atoms with Gasteiger partial charge in [0.25, 0.3) is 5.91 Å². The van der Waals surface area contributed by atoms with Crippen molar-refractivity contribution < 1.29 is 14.0 Å². The van der Waals surface area contributed by atoms with E-state index in [0.29, 0.717) is 0 Å². The van der Waals surface area contributed by atoms with Crippen LogP contribution in [0.5, 0.6) is 0 Å². The number of halogens is 1. The monoisotopic (exact) mass is 444 g/mol. The van der Waals surface area contributed by atoms with E-state index in [0.717, 1.165) is 70.1 Å². The minimum Gasteiger partial charge on any atom is -0.340 e. The van der Waals surface area contributed by atoms with Crippen molar-refractivity contribution in [3.63, 3.8) is 0 Å². The molecule has 2 atom stereocenters. The summed E-state index contributed by atoms with van der Waals surface area (Å²) in [7, 11) is 1.70. The summed E-state index contributed by atoms with van der Waals surface area (Å²) >= 11 is 0. The number of guanidine groups is 1. The van der Waals surface area contributed by atoms with Crippen LogP contribution in [0.4, 0.5) is 9.18 Å². The fraction of sp³-hybridized carbons (Fsp3) is 0.609. The zero-order valence-corrected chi connectivity index (χ0v) is 19.0. The highest BCUT2D eigenvalue weighted by molar-refractivity contribution is 6.03. The molecule has 3 aliphatic heterocycles. The van der Waals surface area contributed by atoms with E-state index in [2.05, 4.69) is 26.9 Å². The van der Waals surface area contributed by atoms with Gasteiger partial charge in [0.2, 0.25) is 0 Å². The molecule has 174 valence electrons. The standard InChI is InChI=1S/C23H33FN6O2/c1-3-4-5-6-11-30-19-20(27(2)23(32)26-21(19)31)25-22(30)29-14-12-28(13-15-29)16-17-7-9-18(24)10-8-17/h7-10,19-20H,3-6,11-16H2,1-2H3,(H,26,31,32). The van der Waals surface area contributed by atoms with E-state index in [1.807, 2.05) is 12.1 Å². The van der Waals surface area contributed by atoms with Crippen LogP contribution in [0.2, 0.25) is 0 Å². The highest BCUT2D eigenvalue weighted by Gasteiger charge is 2.49. The summed E-state index contributed by atoms with van der Waals surface area (Å²) in [5.74, 6) is 0.350. The Morgan fingerprint density at radius 1 is 1.06 bits per heavy atom. The van der Waals surface area contributed by atoms with Gasteiger partial charge < -0.3 is 14.7 Å². The number of nitrogens with zero attached hydrogens (tertiary/aromatic N) is 5. The number of piperazine rings is 1. The Kier molecular flexibility index (Phi) is 6.93. The number of carbonyl (C=O) groups excluding carboxylic acids is 2. The minimum atomic E-state index is -0.477. The molecule has 2 unspecified atom stereocenters. The van der Waals surface area contributed by atoms with Gasteiger partial charge in [0.15, 0.2) is 18.2 Å². The van der Waals surface area contributed by atoms with Crippen LogP contribution in [0.1, 0.15) is 38.2 Å². The van der Waals surface area contributed by atoms with Crippen LogP contribution >= 0.6 is 0 Å². The van der Waals surface area contributed by atoms with Gasteiger partial charge in [-0.2, -0.15) is 0 Å². The molecule has 32 heavy (non-hydrogen) atoms. The molecule has 1 N–H and O–H groups in total. The maximum atomic E-state index is 13.2. The lowest BCUT2D eigenvalue weighted by Gasteiger charge is -2.40. The van der Waals surface area contributed by atoms with Crippen molar-refractivity contribution in [1.82, 2.24) is 24.9 Å². The van der Waals surface area contributed by atoms with Crippen molar-refractivity contribution >= 4 is 17.9 Å². The molecule has 0 aromatic heterocycles. The molecule has 0 radical (unpaired) electrons. The minimum absolute atomic E-state index is 0.217. The first-order chi connectivity index (χ1) is 15.5. The van der Waals surface area contributed by atoms with Crippen molar-refractivity contribution in [2.24, 2.45) is 4.99 Å². The summed E-state index contributed by atoms with van der Waals surface area (Å²) in [6, 6.07) is 5.80. The Hall–Kier alpha value is -2.68. The number of carbonyl (C=O) groups is 2. The predicted molar refractivity (Wildman–Crippen MR) is 120 cm³/mol. The zero-order valence-electron chi connectivity index (χ0n) is 19.0. The molecule has 3 amide bonds. The SMILES string of the molecule is CCCCCCN1C(N2CCN(Cc3ccc(F)cc3)CC2)=NC2C1C(=O)NC(=O)N2C. The number of aliphatic imine (C=N–C) groups is 1. The second-order valence-electron chi connectivity index (χ2n) is 8.84. The molecule has 0 aliphatic carbocycles. The van der Waals surface area contributed by atoms with E-state index >= 15 is 0 Å². The van der Waals surface area contributed by atoms with Crippen LogP contribution in [0.25, 0.3) is 0 Å². The van der Waals surface area contributed by atoms with Crippen LogP contribution in [-0.2, 0) is 11.3 Å². The smallest absolute Gasteiger partial charge is 0.325 e. The fourth-order valence-corrected chi connectivity index (χ4v) is 4.68. The average Bonchev–Trinajstić information content (AvgIpc) is 3.17. The average molecular weight is 445 g/mol. The molecule has 1 aromatic carbocycles. The molecular weight excluding hydrogens is 411 g/mol. The van der Waals surface area contributed by atoms with Crippen LogP contribution in [-0.4, -0.2) is 89.5 Å². The number of hydrogen-bond donors (Lipinski definition) is 1. The van der Waals surface area contributed by atoms with Gasteiger partial charge in [0.05, 0.1) is 0 Å². The first kappa shape index (κ1) is 22.5. The van der Waals surface area contributed by atoms with Crippen molar-refractivity contribution in [3.05, 3.63) is 35.6 Å². The van der Waals surface area contributed by atoms with Gasteiger partial charge in [-0.15, -0.1) is 0 Å². The third kappa shape index (κ3) is 4.72. The van der Waals surface area contributed by atoms with Crippen molar-refractivity contribution in [3.8, 4) is 0 Å². The summed E-state index contributed by atoms with van der Waals surface area (Å²) in [5.41, 5.74) is 1.10. The Morgan fingerprint density at radius 2 is 1.78 bits per heavy atom. The Morgan fingerprint density at radius 3 is 2.47 bits per heavy atom. The second kappa shape index (κ2) is 9.85. The largest absolute Gasteiger partial charge is 0.340 e. The fourth-order valence-electron chi connectivity index (χ4n) is 4.68. The zero-order chi connectivity index (χ0) is 22.7. The Balaban J connectivity index is 1.43. The number of amides is 3. The van der Waals surface area contributed by atoms with Crippen LogP contribution < -0.4 is 5.32 Å². The van der Waals surface area contributed by atoms with E-state index in [1.165, 1.54) is 23.5 Å². The molecule has 0 bridgehead atoms. The number of urea groups is 1. The van der Waals surface area contributed by atoms with Gasteiger partial charge in [0, 0.05) is 46.3 Å². The molecule has 2 fully saturated rings. The van der Waals surface area contributed by atoms with E-state index in [9.17, 15) is 14.0 Å². The van der Waals surface area contributed by atoms with Gasteiger partial charge >= 0.3 is 6.03 Å². The lowest BCUT2D eigenvalue weighted by molar-refractivity contribution is -0.127. The third-order valence-electron chi connectivity index (χ3n) is 6.57. The Labute approximate surface area is 189 Å². The normalized spacial score (nSPS) is 24.0. The number of benzene rings is 1. The topological polar surface area (TPSA) is 71.5 Å². The third-order valence-corrected chi connectivity index (χ3v) is 6.57. The molecule has 8 nitrogen and oxygen atoms in total.